The van der Waals surface area contributed by atoms with Gasteiger partial charge in [-0.3, -0.25) is 0 Å². The van der Waals surface area contributed by atoms with E-state index in [9.17, 15) is 18.0 Å². The lowest BCUT2D eigenvalue weighted by molar-refractivity contribution is -0.137. The van der Waals surface area contributed by atoms with E-state index in [0.29, 0.717) is 48.1 Å². The molecule has 9 nitrogen and oxygen atoms in total. The second-order valence-electron chi connectivity index (χ2n) is 10.6. The molecule has 1 saturated heterocycles. The van der Waals surface area contributed by atoms with Crippen LogP contribution in [0.15, 0.2) is 41.4 Å². The fourth-order valence-electron chi connectivity index (χ4n) is 4.69. The Morgan fingerprint density at radius 1 is 1.23 bits per heavy atom. The quantitative estimate of drug-likeness (QED) is 0.306. The number of aryl methyl sites for hydroxylation is 1. The molecule has 1 amide bonds. The van der Waals surface area contributed by atoms with Gasteiger partial charge in [-0.15, -0.1) is 0 Å². The predicted octanol–water partition coefficient (Wildman–Crippen LogP) is 6.42. The zero-order valence-electron chi connectivity index (χ0n) is 22.0. The van der Waals surface area contributed by atoms with Crippen molar-refractivity contribution in [2.24, 2.45) is 0 Å². The Balaban J connectivity index is 1.45. The van der Waals surface area contributed by atoms with E-state index in [1.807, 2.05) is 13.0 Å². The molecule has 4 heterocycles. The third kappa shape index (κ3) is 5.69. The maximum atomic E-state index is 14.0. The molecule has 1 aliphatic rings. The number of anilines is 1. The van der Waals surface area contributed by atoms with E-state index in [2.05, 4.69) is 25.4 Å². The van der Waals surface area contributed by atoms with Gasteiger partial charge in [-0.05, 0) is 52.2 Å². The van der Waals surface area contributed by atoms with E-state index in [1.54, 1.807) is 37.8 Å². The van der Waals surface area contributed by atoms with Crippen LogP contribution in [0.3, 0.4) is 0 Å². The molecular formula is C27H29F3N6O3. The zero-order valence-corrected chi connectivity index (χ0v) is 22.0. The molecule has 39 heavy (non-hydrogen) atoms. The average molecular weight is 543 g/mol. The summed E-state index contributed by atoms with van der Waals surface area (Å²) in [6.45, 7) is 8.06. The Hall–Kier alpha value is -4.09. The first-order valence-corrected chi connectivity index (χ1v) is 12.6. The number of likely N-dealkylation sites (tertiary alicyclic amines) is 1. The monoisotopic (exact) mass is 542 g/mol. The minimum absolute atomic E-state index is 0.0557. The Kier molecular flexibility index (Phi) is 6.73. The number of H-pyrrole nitrogens is 1. The van der Waals surface area contributed by atoms with E-state index in [1.165, 1.54) is 12.5 Å². The van der Waals surface area contributed by atoms with Crippen molar-refractivity contribution < 1.29 is 27.2 Å². The SMILES string of the molecule is Cc1nocc1-c1ccc2c(-c3nc(N[C@H]4CCCN(C(=O)OC(C)(C)C)C4)ncc3C(F)(F)F)c[nH]c2c1. The minimum atomic E-state index is -4.66. The highest BCUT2D eigenvalue weighted by Gasteiger charge is 2.36. The van der Waals surface area contributed by atoms with Crippen molar-refractivity contribution in [3.05, 3.63) is 48.1 Å². The molecule has 1 aliphatic heterocycles. The summed E-state index contributed by atoms with van der Waals surface area (Å²) >= 11 is 0. The first-order chi connectivity index (χ1) is 18.4. The normalized spacial score (nSPS) is 16.5. The number of ether oxygens (including phenoxy) is 1. The summed E-state index contributed by atoms with van der Waals surface area (Å²) in [5, 5.41) is 7.59. The van der Waals surface area contributed by atoms with Crippen LogP contribution in [0.5, 0.6) is 0 Å². The predicted molar refractivity (Wildman–Crippen MR) is 139 cm³/mol. The van der Waals surface area contributed by atoms with Crippen molar-refractivity contribution in [3.63, 3.8) is 0 Å². The van der Waals surface area contributed by atoms with Crippen molar-refractivity contribution in [1.82, 2.24) is 25.0 Å². The first-order valence-electron chi connectivity index (χ1n) is 12.6. The van der Waals surface area contributed by atoms with Crippen LogP contribution < -0.4 is 5.32 Å². The Labute approximate surface area is 222 Å². The number of hydrogen-bond donors (Lipinski definition) is 2. The number of carbonyl (C=O) groups excluding carboxylic acids is 1. The third-order valence-corrected chi connectivity index (χ3v) is 6.50. The largest absolute Gasteiger partial charge is 0.444 e. The molecule has 12 heteroatoms. The van der Waals surface area contributed by atoms with Crippen molar-refractivity contribution in [1.29, 1.82) is 0 Å². The number of hydrogen-bond acceptors (Lipinski definition) is 7. The summed E-state index contributed by atoms with van der Waals surface area (Å²) in [5.41, 5.74) is 1.47. The van der Waals surface area contributed by atoms with Gasteiger partial charge in [-0.1, -0.05) is 17.3 Å². The van der Waals surface area contributed by atoms with Crippen LogP contribution in [0.25, 0.3) is 33.3 Å². The molecule has 0 aliphatic carbocycles. The number of nitrogens with one attached hydrogen (secondary N) is 2. The molecule has 1 fully saturated rings. The van der Waals surface area contributed by atoms with Crippen molar-refractivity contribution in [2.75, 3.05) is 18.4 Å². The molecule has 206 valence electrons. The van der Waals surface area contributed by atoms with E-state index < -0.39 is 23.4 Å². The first kappa shape index (κ1) is 26.5. The molecule has 0 saturated carbocycles. The zero-order chi connectivity index (χ0) is 27.9. The van der Waals surface area contributed by atoms with Crippen LogP contribution in [0.2, 0.25) is 0 Å². The number of benzene rings is 1. The molecular weight excluding hydrogens is 513 g/mol. The summed E-state index contributed by atoms with van der Waals surface area (Å²) in [6.07, 6.45) is 0.170. The van der Waals surface area contributed by atoms with Crippen molar-refractivity contribution in [2.45, 2.75) is 58.4 Å². The third-order valence-electron chi connectivity index (χ3n) is 6.50. The van der Waals surface area contributed by atoms with Gasteiger partial charge >= 0.3 is 12.3 Å². The lowest BCUT2D eigenvalue weighted by Gasteiger charge is -2.34. The van der Waals surface area contributed by atoms with Gasteiger partial charge in [0.15, 0.2) is 0 Å². The minimum Gasteiger partial charge on any atom is -0.444 e. The fourth-order valence-corrected chi connectivity index (χ4v) is 4.69. The van der Waals surface area contributed by atoms with Crippen molar-refractivity contribution in [3.8, 4) is 22.4 Å². The lowest BCUT2D eigenvalue weighted by Crippen LogP contribution is -2.47. The molecule has 0 spiro atoms. The molecule has 0 bridgehead atoms. The van der Waals surface area contributed by atoms with Crippen LogP contribution in [0.4, 0.5) is 23.9 Å². The van der Waals surface area contributed by atoms with E-state index in [0.717, 1.165) is 17.3 Å². The number of amides is 1. The highest BCUT2D eigenvalue weighted by atomic mass is 19.4. The number of aromatic nitrogens is 4. The van der Waals surface area contributed by atoms with E-state index in [4.69, 9.17) is 9.26 Å². The number of nitrogens with zero attached hydrogens (tertiary/aromatic N) is 4. The number of alkyl halides is 3. The van der Waals surface area contributed by atoms with E-state index >= 15 is 0 Å². The van der Waals surface area contributed by atoms with Gasteiger partial charge in [0.2, 0.25) is 5.95 Å². The van der Waals surface area contributed by atoms with Gasteiger partial charge in [-0.25, -0.2) is 14.8 Å². The Bertz CT molecular complexity index is 1500. The molecule has 2 N–H and O–H groups in total. The van der Waals surface area contributed by atoms with Gasteiger partial charge in [0, 0.05) is 53.6 Å². The average Bonchev–Trinajstić information content (AvgIpc) is 3.48. The highest BCUT2D eigenvalue weighted by Crippen LogP contribution is 2.39. The molecule has 4 aromatic rings. The molecule has 1 aromatic carbocycles. The van der Waals surface area contributed by atoms with Gasteiger partial charge in [-0.2, -0.15) is 13.2 Å². The summed E-state index contributed by atoms with van der Waals surface area (Å²) < 4.78 is 52.5. The number of piperidine rings is 1. The maximum absolute atomic E-state index is 14.0. The number of aromatic amines is 1. The molecule has 1 atom stereocenters. The van der Waals surface area contributed by atoms with Crippen molar-refractivity contribution >= 4 is 22.9 Å². The Morgan fingerprint density at radius 2 is 2.03 bits per heavy atom. The number of rotatable bonds is 4. The van der Waals surface area contributed by atoms with E-state index in [-0.39, 0.29) is 17.7 Å². The standard InChI is InChI=1S/C27H29F3N6O3/c1-15-20(14-38-35-15)16-7-8-18-19(11-31-22(18)10-16)23-21(27(28,29)30)12-32-24(34-23)33-17-6-5-9-36(13-17)25(37)39-26(2,3)4/h7-8,10-12,14,17,31H,5-6,9,13H2,1-4H3,(H,32,33,34)/t17-/m0/s1. The summed E-state index contributed by atoms with van der Waals surface area (Å²) in [5.74, 6) is 0.0557. The number of carbonyl (C=O) groups is 1. The number of fused-ring (bicyclic) bond motifs is 1. The lowest BCUT2D eigenvalue weighted by atomic mass is 10.0. The van der Waals surface area contributed by atoms with Crippen LogP contribution in [0.1, 0.15) is 44.9 Å². The smallest absolute Gasteiger partial charge is 0.419 e. The summed E-state index contributed by atoms with van der Waals surface area (Å²) in [7, 11) is 0. The van der Waals surface area contributed by atoms with Crippen LogP contribution in [0, 0.1) is 6.92 Å². The second-order valence-corrected chi connectivity index (χ2v) is 10.6. The Morgan fingerprint density at radius 3 is 2.72 bits per heavy atom. The topological polar surface area (TPSA) is 109 Å². The van der Waals surface area contributed by atoms with Crippen LogP contribution >= 0.6 is 0 Å². The fraction of sp³-hybridized carbons (Fsp3) is 0.407. The molecule has 3 aromatic heterocycles. The summed E-state index contributed by atoms with van der Waals surface area (Å²) in [4.78, 5) is 25.5. The highest BCUT2D eigenvalue weighted by molar-refractivity contribution is 5.97. The number of halogens is 3. The maximum Gasteiger partial charge on any atom is 0.419 e. The molecule has 0 radical (unpaired) electrons. The van der Waals surface area contributed by atoms with Gasteiger partial charge in [0.1, 0.15) is 17.4 Å². The molecule has 5 rings (SSSR count). The summed E-state index contributed by atoms with van der Waals surface area (Å²) in [6, 6.07) is 5.14. The van der Waals surface area contributed by atoms with Gasteiger partial charge in [0.05, 0.1) is 11.4 Å². The van der Waals surface area contributed by atoms with Crippen LogP contribution in [-0.4, -0.2) is 55.8 Å². The second kappa shape index (κ2) is 9.90. The van der Waals surface area contributed by atoms with Crippen LogP contribution in [-0.2, 0) is 10.9 Å². The van der Waals surface area contributed by atoms with Gasteiger partial charge < -0.3 is 24.5 Å². The molecule has 0 unspecified atom stereocenters. The van der Waals surface area contributed by atoms with Gasteiger partial charge in [0.25, 0.3) is 0 Å².